The summed E-state index contributed by atoms with van der Waals surface area (Å²) in [4.78, 5) is 15.5. The molecule has 0 saturated heterocycles. The topological polar surface area (TPSA) is 42.1 Å². The fourth-order valence-electron chi connectivity index (χ4n) is 2.99. The predicted octanol–water partition coefficient (Wildman–Crippen LogP) is 2.40. The zero-order valence-corrected chi connectivity index (χ0v) is 12.7. The van der Waals surface area contributed by atoms with Crippen LogP contribution < -0.4 is 15.5 Å². The van der Waals surface area contributed by atoms with E-state index in [1.807, 2.05) is 18.2 Å². The van der Waals surface area contributed by atoms with Crippen LogP contribution in [-0.4, -0.2) is 19.7 Å². The molecule has 0 bridgehead atoms. The summed E-state index contributed by atoms with van der Waals surface area (Å²) in [6.07, 6.45) is 1.92. The molecule has 19 heavy (non-hydrogen) atoms. The number of hydrogen-bond donors (Lipinski definition) is 1. The van der Waals surface area contributed by atoms with Gasteiger partial charge in [-0.3, -0.25) is 4.79 Å². The molecule has 1 aliphatic rings. The van der Waals surface area contributed by atoms with Gasteiger partial charge in [-0.2, -0.15) is 0 Å². The number of aromatic amines is 1. The molecule has 3 rings (SSSR count). The quantitative estimate of drug-likeness (QED) is 0.811. The average Bonchev–Trinajstić information content (AvgIpc) is 2.51. The van der Waals surface area contributed by atoms with Gasteiger partial charge in [0.15, 0.2) is 0 Å². The maximum absolute atomic E-state index is 12.4. The summed E-state index contributed by atoms with van der Waals surface area (Å²) in [7, 11) is -1.67. The third-order valence-electron chi connectivity index (χ3n) is 3.68. The first-order valence-electron chi connectivity index (χ1n) is 6.79. The molecule has 1 aromatic carbocycles. The van der Waals surface area contributed by atoms with E-state index in [4.69, 9.17) is 4.74 Å². The number of benzene rings is 1. The van der Waals surface area contributed by atoms with E-state index < -0.39 is 8.07 Å². The molecule has 0 saturated carbocycles. The van der Waals surface area contributed by atoms with E-state index in [0.29, 0.717) is 0 Å². The van der Waals surface area contributed by atoms with E-state index in [9.17, 15) is 4.79 Å². The first-order valence-corrected chi connectivity index (χ1v) is 10.3. The van der Waals surface area contributed by atoms with Crippen LogP contribution in [0.3, 0.4) is 0 Å². The minimum absolute atomic E-state index is 0.0979. The second-order valence-electron chi connectivity index (χ2n) is 6.19. The summed E-state index contributed by atoms with van der Waals surface area (Å²) in [5.74, 6) is 0.917. The number of nitrogens with one attached hydrogen (secondary N) is 1. The summed E-state index contributed by atoms with van der Waals surface area (Å²) >= 11 is 0. The number of aromatic nitrogens is 1. The van der Waals surface area contributed by atoms with Gasteiger partial charge >= 0.3 is 0 Å². The van der Waals surface area contributed by atoms with Crippen LogP contribution in [0, 0.1) is 0 Å². The maximum Gasteiger partial charge on any atom is 0.247 e. The Bertz CT molecular complexity index is 698. The van der Waals surface area contributed by atoms with Crippen molar-refractivity contribution >= 4 is 24.2 Å². The van der Waals surface area contributed by atoms with E-state index >= 15 is 0 Å². The first-order chi connectivity index (χ1) is 8.98. The summed E-state index contributed by atoms with van der Waals surface area (Å²) in [5, 5.41) is 2.16. The van der Waals surface area contributed by atoms with Gasteiger partial charge in [0.2, 0.25) is 5.56 Å². The lowest BCUT2D eigenvalue weighted by atomic mass is 10.0. The minimum atomic E-state index is -1.67. The highest BCUT2D eigenvalue weighted by atomic mass is 28.3. The molecule has 2 aromatic rings. The molecule has 0 radical (unpaired) electrons. The van der Waals surface area contributed by atoms with Gasteiger partial charge in [0.05, 0.1) is 20.2 Å². The van der Waals surface area contributed by atoms with Gasteiger partial charge in [-0.15, -0.1) is 0 Å². The molecule has 1 N–H and O–H groups in total. The average molecular weight is 273 g/mol. The molecular formula is C15H19NO2Si. The van der Waals surface area contributed by atoms with Crippen LogP contribution in [0.1, 0.15) is 12.0 Å². The lowest BCUT2D eigenvalue weighted by Gasteiger charge is -2.21. The van der Waals surface area contributed by atoms with Crippen molar-refractivity contribution in [1.82, 2.24) is 4.98 Å². The van der Waals surface area contributed by atoms with E-state index in [1.54, 1.807) is 0 Å². The zero-order chi connectivity index (χ0) is 13.6. The Morgan fingerprint density at radius 1 is 1.26 bits per heavy atom. The van der Waals surface area contributed by atoms with Gasteiger partial charge in [-0.1, -0.05) is 25.7 Å². The highest BCUT2D eigenvalue weighted by Gasteiger charge is 2.27. The highest BCUT2D eigenvalue weighted by molar-refractivity contribution is 6.89. The normalized spacial score (nSPS) is 15.1. The molecule has 0 atom stereocenters. The second-order valence-corrected chi connectivity index (χ2v) is 11.2. The molecule has 3 nitrogen and oxygen atoms in total. The summed E-state index contributed by atoms with van der Waals surface area (Å²) in [6, 6.07) is 5.91. The largest absolute Gasteiger partial charge is 0.493 e. The van der Waals surface area contributed by atoms with E-state index in [2.05, 4.69) is 24.6 Å². The van der Waals surface area contributed by atoms with Crippen LogP contribution in [0.15, 0.2) is 23.0 Å². The fourth-order valence-corrected chi connectivity index (χ4v) is 4.89. The number of rotatable bonds is 1. The fraction of sp³-hybridized carbons (Fsp3) is 0.400. The monoisotopic (exact) mass is 273 g/mol. The predicted molar refractivity (Wildman–Crippen MR) is 81.4 cm³/mol. The SMILES string of the molecule is C[Si](C)(C)c1c2c3c(cccc3[nH]c1=O)OCCC2. The molecule has 0 unspecified atom stereocenters. The van der Waals surface area contributed by atoms with Gasteiger partial charge < -0.3 is 9.72 Å². The van der Waals surface area contributed by atoms with Crippen LogP contribution >= 0.6 is 0 Å². The molecule has 100 valence electrons. The van der Waals surface area contributed by atoms with E-state index in [1.165, 1.54) is 5.56 Å². The Kier molecular flexibility index (Phi) is 2.78. The molecule has 2 heterocycles. The van der Waals surface area contributed by atoms with Crippen molar-refractivity contribution in [3.8, 4) is 5.75 Å². The van der Waals surface area contributed by atoms with Crippen LogP contribution in [0.25, 0.3) is 10.9 Å². The number of pyridine rings is 1. The summed E-state index contributed by atoms with van der Waals surface area (Å²) in [6.45, 7) is 7.42. The lowest BCUT2D eigenvalue weighted by Crippen LogP contribution is -2.50. The third-order valence-corrected chi connectivity index (χ3v) is 5.71. The van der Waals surface area contributed by atoms with Crippen LogP contribution in [0.4, 0.5) is 0 Å². The number of H-pyrrole nitrogens is 1. The number of hydrogen-bond acceptors (Lipinski definition) is 2. The zero-order valence-electron chi connectivity index (χ0n) is 11.7. The summed E-state index contributed by atoms with van der Waals surface area (Å²) in [5.41, 5.74) is 2.23. The molecule has 1 aromatic heterocycles. The van der Waals surface area contributed by atoms with Crippen LogP contribution in [0.2, 0.25) is 19.6 Å². The molecule has 1 aliphatic heterocycles. The molecule has 0 spiro atoms. The Labute approximate surface area is 113 Å². The molecular weight excluding hydrogens is 254 g/mol. The smallest absolute Gasteiger partial charge is 0.247 e. The van der Waals surface area contributed by atoms with Crippen molar-refractivity contribution in [2.24, 2.45) is 0 Å². The van der Waals surface area contributed by atoms with Gasteiger partial charge in [0, 0.05) is 10.6 Å². The van der Waals surface area contributed by atoms with Crippen molar-refractivity contribution in [3.63, 3.8) is 0 Å². The molecule has 0 fully saturated rings. The standard InChI is InChI=1S/C15H19NO2Si/c1-19(2,3)14-10-6-5-9-18-12-8-4-7-11(13(10)12)16-15(14)17/h4,7-8H,5-6,9H2,1-3H3,(H,16,17). The molecule has 0 amide bonds. The van der Waals surface area contributed by atoms with Crippen molar-refractivity contribution in [1.29, 1.82) is 0 Å². The lowest BCUT2D eigenvalue weighted by molar-refractivity contribution is 0.319. The van der Waals surface area contributed by atoms with Gasteiger partial charge in [-0.25, -0.2) is 0 Å². The number of ether oxygens (including phenoxy) is 1. The van der Waals surface area contributed by atoms with Crippen LogP contribution in [-0.2, 0) is 6.42 Å². The van der Waals surface area contributed by atoms with Gasteiger partial charge in [0.1, 0.15) is 5.75 Å². The Hall–Kier alpha value is -1.55. The van der Waals surface area contributed by atoms with E-state index in [0.717, 1.165) is 41.3 Å². The highest BCUT2D eigenvalue weighted by Crippen LogP contribution is 2.30. The Morgan fingerprint density at radius 2 is 2.05 bits per heavy atom. The van der Waals surface area contributed by atoms with Crippen molar-refractivity contribution in [3.05, 3.63) is 34.1 Å². The van der Waals surface area contributed by atoms with Crippen LogP contribution in [0.5, 0.6) is 5.75 Å². The first kappa shape index (κ1) is 12.5. The van der Waals surface area contributed by atoms with Gasteiger partial charge in [-0.05, 0) is 30.5 Å². The summed E-state index contributed by atoms with van der Waals surface area (Å²) < 4.78 is 5.82. The molecule has 4 heteroatoms. The maximum atomic E-state index is 12.4. The molecule has 0 aliphatic carbocycles. The van der Waals surface area contributed by atoms with Crippen molar-refractivity contribution in [2.75, 3.05) is 6.61 Å². The Balaban J connectivity index is 2.48. The van der Waals surface area contributed by atoms with E-state index in [-0.39, 0.29) is 5.56 Å². The van der Waals surface area contributed by atoms with Crippen molar-refractivity contribution < 1.29 is 4.74 Å². The third kappa shape index (κ3) is 2.00. The van der Waals surface area contributed by atoms with Gasteiger partial charge in [0.25, 0.3) is 0 Å². The Morgan fingerprint density at radius 3 is 2.79 bits per heavy atom. The second kappa shape index (κ2) is 4.23. The number of aryl methyl sites for hydroxylation is 1. The minimum Gasteiger partial charge on any atom is -0.493 e. The van der Waals surface area contributed by atoms with Crippen molar-refractivity contribution in [2.45, 2.75) is 32.5 Å².